The van der Waals surface area contributed by atoms with Gasteiger partial charge in [-0.1, -0.05) is 0 Å². The standard InChI is InChI=1S/C9H18N2O4/c1-9(6-15-3,8(13)14)11-5-4-7(12)10-2/h11H,4-6H2,1-3H3,(H,10,12)(H,13,14). The van der Waals surface area contributed by atoms with Crippen LogP contribution in [-0.2, 0) is 14.3 Å². The normalized spacial score (nSPS) is 14.3. The van der Waals surface area contributed by atoms with Gasteiger partial charge in [0.2, 0.25) is 5.91 Å². The molecule has 0 aromatic carbocycles. The van der Waals surface area contributed by atoms with E-state index in [2.05, 4.69) is 10.6 Å². The summed E-state index contributed by atoms with van der Waals surface area (Å²) in [6.45, 7) is 1.87. The number of ether oxygens (including phenoxy) is 1. The Morgan fingerprint density at radius 1 is 1.47 bits per heavy atom. The Hall–Kier alpha value is -1.14. The number of amides is 1. The van der Waals surface area contributed by atoms with Gasteiger partial charge in [0.25, 0.3) is 0 Å². The summed E-state index contributed by atoms with van der Waals surface area (Å²) in [7, 11) is 2.97. The molecule has 0 aliphatic rings. The van der Waals surface area contributed by atoms with Crippen molar-refractivity contribution in [3.05, 3.63) is 0 Å². The van der Waals surface area contributed by atoms with E-state index in [1.165, 1.54) is 21.1 Å². The van der Waals surface area contributed by atoms with Crippen LogP contribution in [-0.4, -0.2) is 49.8 Å². The maximum atomic E-state index is 10.9. The molecule has 15 heavy (non-hydrogen) atoms. The number of carbonyl (C=O) groups excluding carboxylic acids is 1. The van der Waals surface area contributed by atoms with Gasteiger partial charge in [-0.15, -0.1) is 0 Å². The fourth-order valence-corrected chi connectivity index (χ4v) is 1.05. The SMILES string of the molecule is CNC(=O)CCNC(C)(COC)C(=O)O. The minimum Gasteiger partial charge on any atom is -0.480 e. The van der Waals surface area contributed by atoms with Crippen molar-refractivity contribution in [1.29, 1.82) is 0 Å². The average Bonchev–Trinajstić information content (AvgIpc) is 2.17. The van der Waals surface area contributed by atoms with E-state index in [0.717, 1.165) is 0 Å². The number of methoxy groups -OCH3 is 1. The van der Waals surface area contributed by atoms with Gasteiger partial charge in [0.05, 0.1) is 6.61 Å². The molecule has 0 rings (SSSR count). The second kappa shape index (κ2) is 6.36. The van der Waals surface area contributed by atoms with Crippen LogP contribution >= 0.6 is 0 Å². The van der Waals surface area contributed by atoms with E-state index in [9.17, 15) is 9.59 Å². The van der Waals surface area contributed by atoms with Gasteiger partial charge >= 0.3 is 5.97 Å². The first-order valence-corrected chi connectivity index (χ1v) is 4.64. The molecule has 1 unspecified atom stereocenters. The predicted octanol–water partition coefficient (Wildman–Crippen LogP) is -0.798. The summed E-state index contributed by atoms with van der Waals surface area (Å²) in [4.78, 5) is 21.8. The minimum absolute atomic E-state index is 0.0517. The second-order valence-corrected chi connectivity index (χ2v) is 3.42. The predicted molar refractivity (Wildman–Crippen MR) is 54.6 cm³/mol. The molecule has 6 heteroatoms. The first-order valence-electron chi connectivity index (χ1n) is 4.64. The van der Waals surface area contributed by atoms with E-state index in [1.54, 1.807) is 0 Å². The molecule has 0 heterocycles. The zero-order valence-electron chi connectivity index (χ0n) is 9.29. The maximum absolute atomic E-state index is 10.9. The van der Waals surface area contributed by atoms with Crippen molar-refractivity contribution in [1.82, 2.24) is 10.6 Å². The largest absolute Gasteiger partial charge is 0.480 e. The summed E-state index contributed by atoms with van der Waals surface area (Å²) in [5.41, 5.74) is -1.15. The molecule has 0 radical (unpaired) electrons. The molecule has 0 spiro atoms. The van der Waals surface area contributed by atoms with Gasteiger partial charge in [-0.05, 0) is 6.92 Å². The zero-order chi connectivity index (χ0) is 11.9. The summed E-state index contributed by atoms with van der Waals surface area (Å²) in [5, 5.41) is 14.2. The monoisotopic (exact) mass is 218 g/mol. The Bertz CT molecular complexity index is 232. The van der Waals surface area contributed by atoms with Crippen LogP contribution in [0.25, 0.3) is 0 Å². The van der Waals surface area contributed by atoms with Crippen molar-refractivity contribution >= 4 is 11.9 Å². The van der Waals surface area contributed by atoms with Crippen molar-refractivity contribution in [2.45, 2.75) is 18.9 Å². The van der Waals surface area contributed by atoms with Crippen molar-refractivity contribution in [2.24, 2.45) is 0 Å². The molecule has 3 N–H and O–H groups in total. The second-order valence-electron chi connectivity index (χ2n) is 3.42. The lowest BCUT2D eigenvalue weighted by Crippen LogP contribution is -2.53. The van der Waals surface area contributed by atoms with Crippen LogP contribution in [0, 0.1) is 0 Å². The molecular formula is C9H18N2O4. The molecule has 1 amide bonds. The highest BCUT2D eigenvalue weighted by molar-refractivity contribution is 5.79. The third-order valence-electron chi connectivity index (χ3n) is 2.05. The summed E-state index contributed by atoms with van der Waals surface area (Å²) >= 11 is 0. The van der Waals surface area contributed by atoms with Crippen LogP contribution in [0.2, 0.25) is 0 Å². The molecule has 0 saturated carbocycles. The van der Waals surface area contributed by atoms with Gasteiger partial charge in [0.15, 0.2) is 0 Å². The van der Waals surface area contributed by atoms with Gasteiger partial charge in [0, 0.05) is 27.1 Å². The van der Waals surface area contributed by atoms with Crippen LogP contribution in [0.3, 0.4) is 0 Å². The Morgan fingerprint density at radius 2 is 2.07 bits per heavy atom. The molecule has 0 aromatic rings. The van der Waals surface area contributed by atoms with Crippen LogP contribution in [0.4, 0.5) is 0 Å². The fourth-order valence-electron chi connectivity index (χ4n) is 1.05. The van der Waals surface area contributed by atoms with Crippen LogP contribution in [0.15, 0.2) is 0 Å². The third kappa shape index (κ3) is 4.75. The van der Waals surface area contributed by atoms with Gasteiger partial charge in [-0.3, -0.25) is 14.9 Å². The Balaban J connectivity index is 4.08. The molecule has 0 aliphatic carbocycles. The molecule has 6 nitrogen and oxygen atoms in total. The quantitative estimate of drug-likeness (QED) is 0.521. The van der Waals surface area contributed by atoms with Crippen molar-refractivity contribution < 1.29 is 19.4 Å². The number of hydrogen-bond donors (Lipinski definition) is 3. The average molecular weight is 218 g/mol. The highest BCUT2D eigenvalue weighted by Crippen LogP contribution is 2.04. The molecule has 0 bridgehead atoms. The Morgan fingerprint density at radius 3 is 2.47 bits per heavy atom. The molecule has 0 aromatic heterocycles. The summed E-state index contributed by atoms with van der Waals surface area (Å²) in [6.07, 6.45) is 0.239. The number of nitrogens with one attached hydrogen (secondary N) is 2. The highest BCUT2D eigenvalue weighted by atomic mass is 16.5. The number of hydrogen-bond acceptors (Lipinski definition) is 4. The van der Waals surface area contributed by atoms with Crippen molar-refractivity contribution in [3.8, 4) is 0 Å². The molecule has 0 aliphatic heterocycles. The molecule has 88 valence electrons. The number of carboxylic acids is 1. The van der Waals surface area contributed by atoms with E-state index in [4.69, 9.17) is 9.84 Å². The number of carboxylic acid groups (broad SMARTS) is 1. The van der Waals surface area contributed by atoms with Gasteiger partial charge < -0.3 is 15.2 Å². The maximum Gasteiger partial charge on any atom is 0.326 e. The van der Waals surface area contributed by atoms with Crippen LogP contribution in [0.1, 0.15) is 13.3 Å². The van der Waals surface area contributed by atoms with E-state index < -0.39 is 11.5 Å². The summed E-state index contributed by atoms with van der Waals surface area (Å²) in [5.74, 6) is -1.13. The number of rotatable bonds is 7. The lowest BCUT2D eigenvalue weighted by atomic mass is 10.0. The third-order valence-corrected chi connectivity index (χ3v) is 2.05. The lowest BCUT2D eigenvalue weighted by molar-refractivity contribution is -0.146. The molecule has 0 saturated heterocycles. The van der Waals surface area contributed by atoms with Crippen LogP contribution in [0.5, 0.6) is 0 Å². The van der Waals surface area contributed by atoms with Crippen molar-refractivity contribution in [2.75, 3.05) is 27.3 Å². The Labute approximate surface area is 89.0 Å². The zero-order valence-corrected chi connectivity index (χ0v) is 9.29. The smallest absolute Gasteiger partial charge is 0.326 e. The molecule has 1 atom stereocenters. The summed E-state index contributed by atoms with van der Waals surface area (Å²) in [6, 6.07) is 0. The van der Waals surface area contributed by atoms with E-state index in [0.29, 0.717) is 6.54 Å². The minimum atomic E-state index is -1.15. The van der Waals surface area contributed by atoms with Gasteiger partial charge in [-0.2, -0.15) is 0 Å². The molecule has 0 fully saturated rings. The Kier molecular flexibility index (Phi) is 5.88. The van der Waals surface area contributed by atoms with Crippen LogP contribution < -0.4 is 10.6 Å². The number of carbonyl (C=O) groups is 2. The number of aliphatic carboxylic acids is 1. The lowest BCUT2D eigenvalue weighted by Gasteiger charge is -2.25. The summed E-state index contributed by atoms with van der Waals surface area (Å²) < 4.78 is 4.81. The van der Waals surface area contributed by atoms with E-state index in [-0.39, 0.29) is 18.9 Å². The first-order chi connectivity index (χ1) is 6.96. The van der Waals surface area contributed by atoms with E-state index in [1.807, 2.05) is 0 Å². The van der Waals surface area contributed by atoms with Gasteiger partial charge in [-0.25, -0.2) is 0 Å². The highest BCUT2D eigenvalue weighted by Gasteiger charge is 2.32. The van der Waals surface area contributed by atoms with Crippen molar-refractivity contribution in [3.63, 3.8) is 0 Å². The van der Waals surface area contributed by atoms with E-state index >= 15 is 0 Å². The van der Waals surface area contributed by atoms with Gasteiger partial charge in [0.1, 0.15) is 5.54 Å². The fraction of sp³-hybridized carbons (Fsp3) is 0.778. The molecular weight excluding hydrogens is 200 g/mol. The topological polar surface area (TPSA) is 87.7 Å². The first kappa shape index (κ1) is 13.9.